The normalized spacial score (nSPS) is 20.2. The number of benzene rings is 4. The Kier molecular flexibility index (Phi) is 12.7. The summed E-state index contributed by atoms with van der Waals surface area (Å²) in [5.74, 6) is -2.05. The summed E-state index contributed by atoms with van der Waals surface area (Å²) in [6, 6.07) is 34.2. The second kappa shape index (κ2) is 17.6. The van der Waals surface area contributed by atoms with Crippen LogP contribution in [0.4, 0.5) is 0 Å². The van der Waals surface area contributed by atoms with Crippen LogP contribution in [0.25, 0.3) is 0 Å². The van der Waals surface area contributed by atoms with Gasteiger partial charge in [-0.1, -0.05) is 96.2 Å². The summed E-state index contributed by atoms with van der Waals surface area (Å²) in [4.78, 5) is 52.3. The highest BCUT2D eigenvalue weighted by Gasteiger charge is 2.52. The lowest BCUT2D eigenvalue weighted by Gasteiger charge is -2.45. The van der Waals surface area contributed by atoms with E-state index in [4.69, 9.17) is 23.7 Å². The molecule has 5 rings (SSSR count). The van der Waals surface area contributed by atoms with E-state index in [1.54, 1.807) is 60.7 Å². The van der Waals surface area contributed by atoms with E-state index in [-0.39, 0.29) is 31.8 Å². The van der Waals surface area contributed by atoms with E-state index in [0.29, 0.717) is 11.1 Å². The molecule has 5 atom stereocenters. The fourth-order valence-electron chi connectivity index (χ4n) is 5.15. The Bertz CT molecular complexity index is 1680. The highest BCUT2D eigenvalue weighted by molar-refractivity contribution is 7.99. The van der Waals surface area contributed by atoms with Gasteiger partial charge in [0.2, 0.25) is 0 Å². The van der Waals surface area contributed by atoms with Crippen LogP contribution >= 0.6 is 11.8 Å². The van der Waals surface area contributed by atoms with Gasteiger partial charge in [-0.25, -0.2) is 9.59 Å². The maximum absolute atomic E-state index is 13.6. The van der Waals surface area contributed by atoms with E-state index >= 15 is 0 Å². The van der Waals surface area contributed by atoms with Crippen molar-refractivity contribution in [2.24, 2.45) is 0 Å². The molecule has 0 bridgehead atoms. The van der Waals surface area contributed by atoms with Gasteiger partial charge in [0.15, 0.2) is 12.2 Å². The van der Waals surface area contributed by atoms with Crippen LogP contribution in [0.1, 0.15) is 51.6 Å². The third kappa shape index (κ3) is 10.4. The zero-order valence-corrected chi connectivity index (χ0v) is 28.1. The van der Waals surface area contributed by atoms with E-state index in [1.807, 2.05) is 61.5 Å². The smallest absolute Gasteiger partial charge is 0.338 e. The summed E-state index contributed by atoms with van der Waals surface area (Å²) >= 11 is 1.31. The van der Waals surface area contributed by atoms with Crippen molar-refractivity contribution in [2.45, 2.75) is 68.0 Å². The molecule has 0 unspecified atom stereocenters. The van der Waals surface area contributed by atoms with E-state index in [1.165, 1.54) is 18.7 Å². The lowest BCUT2D eigenvalue weighted by atomic mass is 9.98. The highest BCUT2D eigenvalue weighted by atomic mass is 32.2. The number of esters is 3. The second-order valence-corrected chi connectivity index (χ2v) is 12.8. The summed E-state index contributed by atoms with van der Waals surface area (Å²) < 4.78 is 30.9. The van der Waals surface area contributed by atoms with Crippen LogP contribution in [0.5, 0.6) is 0 Å². The Hall–Kier alpha value is -4.77. The number of carbonyl (C=O) groups excluding carboxylic acids is 4. The van der Waals surface area contributed by atoms with Crippen LogP contribution in [0.3, 0.4) is 0 Å². The lowest BCUT2D eigenvalue weighted by Crippen LogP contribution is -2.61. The molecule has 49 heavy (non-hydrogen) atoms. The molecule has 0 amide bonds. The molecule has 0 saturated carbocycles. The third-order valence-corrected chi connectivity index (χ3v) is 8.90. The minimum absolute atomic E-state index is 0.0199. The minimum Gasteiger partial charge on any atom is -0.459 e. The zero-order chi connectivity index (χ0) is 34.6. The van der Waals surface area contributed by atoms with Crippen molar-refractivity contribution in [3.05, 3.63) is 138 Å². The van der Waals surface area contributed by atoms with Gasteiger partial charge in [0.05, 0.1) is 24.2 Å². The molecule has 1 saturated heterocycles. The van der Waals surface area contributed by atoms with Crippen LogP contribution in [-0.2, 0) is 39.9 Å². The monoisotopic (exact) mass is 682 g/mol. The molecule has 9 nitrogen and oxygen atoms in total. The van der Waals surface area contributed by atoms with Gasteiger partial charge in [-0.2, -0.15) is 0 Å². The molecule has 0 spiro atoms. The van der Waals surface area contributed by atoms with Crippen LogP contribution in [-0.4, -0.2) is 60.1 Å². The maximum Gasteiger partial charge on any atom is 0.338 e. The number of hydrogen-bond acceptors (Lipinski definition) is 10. The van der Waals surface area contributed by atoms with Gasteiger partial charge in [0.1, 0.15) is 30.0 Å². The molecule has 0 aromatic heterocycles. The average Bonchev–Trinajstić information content (AvgIpc) is 3.12. The molecular weight excluding hydrogens is 644 g/mol. The first-order chi connectivity index (χ1) is 23.8. The molecule has 0 radical (unpaired) electrons. The van der Waals surface area contributed by atoms with Gasteiger partial charge >= 0.3 is 17.9 Å². The quantitative estimate of drug-likeness (QED) is 0.104. The second-order valence-electron chi connectivity index (χ2n) is 11.6. The Morgan fingerprint density at radius 3 is 1.88 bits per heavy atom. The highest BCUT2D eigenvalue weighted by Crippen LogP contribution is 2.38. The standard InChI is InChI=1S/C39H38O9S/c1-26-18-21-31(22-19-26)49-39-36(48-38(43)30-16-10-5-11-17-30)35(44-24-28-12-6-3-7-13-28)34(47-33(41)23-20-27(2)40)32(46-39)25-45-37(42)29-14-8-4-9-15-29/h3-19,21-22,32,34-36,39H,20,23-25H2,1-2H3/t32-,34-,35+,36-,39+/m1/s1. The van der Waals surface area contributed by atoms with Crippen LogP contribution < -0.4 is 0 Å². The van der Waals surface area contributed by atoms with Crippen molar-refractivity contribution in [3.8, 4) is 0 Å². The molecular formula is C39H38O9S. The molecule has 0 N–H and O–H groups in total. The number of hydrogen-bond donors (Lipinski definition) is 0. The third-order valence-electron chi connectivity index (χ3n) is 7.74. The van der Waals surface area contributed by atoms with Crippen LogP contribution in [0.2, 0.25) is 0 Å². The minimum atomic E-state index is -1.19. The number of carbonyl (C=O) groups is 4. The van der Waals surface area contributed by atoms with Crippen molar-refractivity contribution in [1.29, 1.82) is 0 Å². The molecule has 1 heterocycles. The Labute approximate surface area is 289 Å². The first kappa shape index (κ1) is 35.5. The summed E-state index contributed by atoms with van der Waals surface area (Å²) in [6.45, 7) is 3.16. The molecule has 1 fully saturated rings. The molecule has 1 aliphatic rings. The fourth-order valence-corrected chi connectivity index (χ4v) is 6.26. The number of ether oxygens (including phenoxy) is 5. The fraction of sp³-hybridized carbons (Fsp3) is 0.282. The Morgan fingerprint density at radius 1 is 0.673 bits per heavy atom. The molecule has 0 aliphatic carbocycles. The van der Waals surface area contributed by atoms with E-state index in [2.05, 4.69) is 0 Å². The number of Topliss-reactive ketones (excluding diaryl/α,β-unsaturated/α-hetero) is 1. The summed E-state index contributed by atoms with van der Waals surface area (Å²) in [6.07, 6.45) is -4.56. The molecule has 1 aliphatic heterocycles. The van der Waals surface area contributed by atoms with Gasteiger partial charge in [0, 0.05) is 11.3 Å². The zero-order valence-electron chi connectivity index (χ0n) is 27.3. The number of aryl methyl sites for hydroxylation is 1. The average molecular weight is 683 g/mol. The summed E-state index contributed by atoms with van der Waals surface area (Å²) in [5.41, 5.74) is 1.68. The first-order valence-electron chi connectivity index (χ1n) is 16.0. The maximum atomic E-state index is 13.6. The van der Waals surface area contributed by atoms with Crippen LogP contribution in [0, 0.1) is 6.92 Å². The van der Waals surface area contributed by atoms with Gasteiger partial charge < -0.3 is 28.5 Å². The van der Waals surface area contributed by atoms with Gasteiger partial charge in [-0.05, 0) is 55.8 Å². The van der Waals surface area contributed by atoms with E-state index in [9.17, 15) is 19.2 Å². The van der Waals surface area contributed by atoms with Gasteiger partial charge in [-0.15, -0.1) is 0 Å². The van der Waals surface area contributed by atoms with Crippen LogP contribution in [0.15, 0.2) is 120 Å². The lowest BCUT2D eigenvalue weighted by molar-refractivity contribution is -0.234. The summed E-state index contributed by atoms with van der Waals surface area (Å²) in [7, 11) is 0. The van der Waals surface area contributed by atoms with Gasteiger partial charge in [-0.3, -0.25) is 4.79 Å². The Balaban J connectivity index is 1.52. The number of rotatable bonds is 14. The molecule has 4 aromatic carbocycles. The number of ketones is 1. The SMILES string of the molecule is CC(=O)CCC(=O)O[C@H]1[C@H](OCc2ccccc2)[C@@H](OC(=O)c2ccccc2)[C@H](Sc2ccc(C)cc2)O[C@@H]1COC(=O)c1ccccc1. The largest absolute Gasteiger partial charge is 0.459 e. The number of thioether (sulfide) groups is 1. The van der Waals surface area contributed by atoms with Crippen molar-refractivity contribution in [3.63, 3.8) is 0 Å². The van der Waals surface area contributed by atoms with Crippen molar-refractivity contribution < 1.29 is 42.9 Å². The summed E-state index contributed by atoms with van der Waals surface area (Å²) in [5, 5.41) is 0. The predicted octanol–water partition coefficient (Wildman–Crippen LogP) is 6.76. The van der Waals surface area contributed by atoms with Crippen molar-refractivity contribution in [1.82, 2.24) is 0 Å². The molecule has 254 valence electrons. The van der Waals surface area contributed by atoms with Gasteiger partial charge in [0.25, 0.3) is 0 Å². The van der Waals surface area contributed by atoms with E-state index < -0.39 is 47.8 Å². The topological polar surface area (TPSA) is 114 Å². The van der Waals surface area contributed by atoms with Crippen molar-refractivity contribution >= 4 is 35.5 Å². The Morgan fingerprint density at radius 2 is 1.27 bits per heavy atom. The molecule has 4 aromatic rings. The molecule has 10 heteroatoms. The van der Waals surface area contributed by atoms with Crippen molar-refractivity contribution in [2.75, 3.05) is 6.61 Å². The predicted molar refractivity (Wildman–Crippen MR) is 183 cm³/mol. The first-order valence-corrected chi connectivity index (χ1v) is 16.9. The van der Waals surface area contributed by atoms with E-state index in [0.717, 1.165) is 16.0 Å².